The van der Waals surface area contributed by atoms with E-state index in [-0.39, 0.29) is 6.04 Å². The normalized spacial score (nSPS) is 25.6. The van der Waals surface area contributed by atoms with E-state index in [1.165, 1.54) is 0 Å². The first kappa shape index (κ1) is 14.4. The summed E-state index contributed by atoms with van der Waals surface area (Å²) in [5.41, 5.74) is 2.37. The van der Waals surface area contributed by atoms with Crippen molar-refractivity contribution in [2.24, 2.45) is 7.05 Å². The molecule has 112 valence electrons. The predicted molar refractivity (Wildman–Crippen MR) is 85.7 cm³/mol. The zero-order chi connectivity index (χ0) is 15.2. The van der Waals surface area contributed by atoms with Crippen LogP contribution in [0.1, 0.15) is 20.3 Å². The maximum Gasteiger partial charge on any atom is 0.0836 e. The van der Waals surface area contributed by atoms with Gasteiger partial charge in [0.1, 0.15) is 0 Å². The fourth-order valence-corrected chi connectivity index (χ4v) is 3.24. The lowest BCUT2D eigenvalue weighted by Crippen LogP contribution is -2.40. The first-order chi connectivity index (χ1) is 9.90. The van der Waals surface area contributed by atoms with Crippen molar-refractivity contribution in [3.05, 3.63) is 35.5 Å². The van der Waals surface area contributed by atoms with Gasteiger partial charge in [0.2, 0.25) is 0 Å². The number of nitrogens with zero attached hydrogens (tertiary/aromatic N) is 3. The van der Waals surface area contributed by atoms with Crippen molar-refractivity contribution in [2.75, 3.05) is 11.4 Å². The molecule has 2 atom stereocenters. The maximum absolute atomic E-state index is 10.3. The summed E-state index contributed by atoms with van der Waals surface area (Å²) in [4.78, 5) is 2.21. The van der Waals surface area contributed by atoms with Crippen molar-refractivity contribution in [3.8, 4) is 11.3 Å². The predicted octanol–water partition coefficient (Wildman–Crippen LogP) is 3.09. The van der Waals surface area contributed by atoms with Gasteiger partial charge in [0, 0.05) is 31.0 Å². The van der Waals surface area contributed by atoms with E-state index in [1.54, 1.807) is 6.20 Å². The quantitative estimate of drug-likeness (QED) is 0.927. The minimum Gasteiger partial charge on any atom is -0.388 e. The number of hydrogen-bond donors (Lipinski definition) is 1. The molecule has 0 unspecified atom stereocenters. The van der Waals surface area contributed by atoms with Crippen LogP contribution in [0.3, 0.4) is 0 Å². The van der Waals surface area contributed by atoms with Gasteiger partial charge in [-0.15, -0.1) is 0 Å². The van der Waals surface area contributed by atoms with E-state index < -0.39 is 5.60 Å². The molecule has 21 heavy (non-hydrogen) atoms. The summed E-state index contributed by atoms with van der Waals surface area (Å²) in [5, 5.41) is 15.2. The highest BCUT2D eigenvalue weighted by Crippen LogP contribution is 2.36. The largest absolute Gasteiger partial charge is 0.388 e. The van der Waals surface area contributed by atoms with Gasteiger partial charge in [-0.1, -0.05) is 11.6 Å². The number of aryl methyl sites for hydroxylation is 1. The zero-order valence-corrected chi connectivity index (χ0v) is 13.3. The SMILES string of the molecule is C[C@@H]1N(c2ccc(-c3ccnn3C)c(Cl)c2)CC[C@]1(C)O. The van der Waals surface area contributed by atoms with Crippen LogP contribution in [0.4, 0.5) is 5.69 Å². The number of halogens is 1. The Balaban J connectivity index is 1.94. The Labute approximate surface area is 130 Å². The third-order valence-electron chi connectivity index (χ3n) is 4.61. The molecule has 5 heteroatoms. The summed E-state index contributed by atoms with van der Waals surface area (Å²) in [5.74, 6) is 0. The Morgan fingerprint density at radius 3 is 2.67 bits per heavy atom. The Morgan fingerprint density at radius 1 is 1.38 bits per heavy atom. The Bertz CT molecular complexity index is 665. The molecule has 0 saturated carbocycles. The minimum atomic E-state index is -0.646. The smallest absolute Gasteiger partial charge is 0.0836 e. The maximum atomic E-state index is 10.3. The average Bonchev–Trinajstić information content (AvgIpc) is 2.95. The number of aromatic nitrogens is 2. The summed E-state index contributed by atoms with van der Waals surface area (Å²) in [6.45, 7) is 4.79. The van der Waals surface area contributed by atoms with Gasteiger partial charge in [-0.05, 0) is 44.5 Å². The highest BCUT2D eigenvalue weighted by atomic mass is 35.5. The molecular weight excluding hydrogens is 286 g/mol. The number of anilines is 1. The van der Waals surface area contributed by atoms with Gasteiger partial charge in [-0.3, -0.25) is 4.68 Å². The van der Waals surface area contributed by atoms with Gasteiger partial charge in [-0.2, -0.15) is 5.10 Å². The number of aliphatic hydroxyl groups is 1. The zero-order valence-electron chi connectivity index (χ0n) is 12.5. The Hall–Kier alpha value is -1.52. The first-order valence-corrected chi connectivity index (χ1v) is 7.55. The molecule has 1 aromatic heterocycles. The van der Waals surface area contributed by atoms with Gasteiger partial charge in [0.05, 0.1) is 22.4 Å². The van der Waals surface area contributed by atoms with Crippen LogP contribution < -0.4 is 4.90 Å². The van der Waals surface area contributed by atoms with Crippen LogP contribution >= 0.6 is 11.6 Å². The second-order valence-corrected chi connectivity index (χ2v) is 6.39. The third kappa shape index (κ3) is 2.43. The van der Waals surface area contributed by atoms with Gasteiger partial charge in [-0.25, -0.2) is 0 Å². The van der Waals surface area contributed by atoms with E-state index in [0.29, 0.717) is 5.02 Å². The van der Waals surface area contributed by atoms with E-state index >= 15 is 0 Å². The second-order valence-electron chi connectivity index (χ2n) is 5.98. The standard InChI is InChI=1S/C16H20ClN3O/c1-11-16(2,21)7-9-20(11)12-4-5-13(14(17)10-12)15-6-8-18-19(15)3/h4-6,8,10-11,21H,7,9H2,1-3H3/t11-,16-/m0/s1. The minimum absolute atomic E-state index is 0.0797. The monoisotopic (exact) mass is 305 g/mol. The molecule has 0 spiro atoms. The van der Waals surface area contributed by atoms with E-state index in [1.807, 2.05) is 36.9 Å². The lowest BCUT2D eigenvalue weighted by Gasteiger charge is -2.30. The molecule has 1 saturated heterocycles. The molecule has 2 aromatic rings. The van der Waals surface area contributed by atoms with Gasteiger partial charge >= 0.3 is 0 Å². The fourth-order valence-electron chi connectivity index (χ4n) is 2.97. The second kappa shape index (κ2) is 5.04. The number of benzene rings is 1. The molecule has 0 aliphatic carbocycles. The van der Waals surface area contributed by atoms with Crippen LogP contribution in [0.15, 0.2) is 30.5 Å². The highest BCUT2D eigenvalue weighted by Gasteiger charge is 2.39. The van der Waals surface area contributed by atoms with Crippen molar-refractivity contribution in [3.63, 3.8) is 0 Å². The Morgan fingerprint density at radius 2 is 2.14 bits per heavy atom. The van der Waals surface area contributed by atoms with Crippen LogP contribution in [0, 0.1) is 0 Å². The lowest BCUT2D eigenvalue weighted by molar-refractivity contribution is 0.0566. The molecule has 1 fully saturated rings. The summed E-state index contributed by atoms with van der Waals surface area (Å²) < 4.78 is 1.81. The first-order valence-electron chi connectivity index (χ1n) is 7.17. The van der Waals surface area contributed by atoms with E-state index in [2.05, 4.69) is 23.0 Å². The van der Waals surface area contributed by atoms with Crippen molar-refractivity contribution < 1.29 is 5.11 Å². The summed E-state index contributed by atoms with van der Waals surface area (Å²) in [7, 11) is 1.90. The number of hydrogen-bond acceptors (Lipinski definition) is 3. The van der Waals surface area contributed by atoms with Crippen LogP contribution in [0.2, 0.25) is 5.02 Å². The molecule has 1 N–H and O–H groups in total. The molecule has 1 aliphatic rings. The lowest BCUT2D eigenvalue weighted by atomic mass is 9.99. The molecular formula is C16H20ClN3O. The van der Waals surface area contributed by atoms with E-state index in [9.17, 15) is 5.11 Å². The Kier molecular flexibility index (Phi) is 3.46. The van der Waals surface area contributed by atoms with Crippen molar-refractivity contribution >= 4 is 17.3 Å². The molecule has 4 nitrogen and oxygen atoms in total. The van der Waals surface area contributed by atoms with Crippen LogP contribution in [0.5, 0.6) is 0 Å². The van der Waals surface area contributed by atoms with E-state index in [4.69, 9.17) is 11.6 Å². The molecule has 0 radical (unpaired) electrons. The number of rotatable bonds is 2. The van der Waals surface area contributed by atoms with Crippen molar-refractivity contribution in [1.82, 2.24) is 9.78 Å². The highest BCUT2D eigenvalue weighted by molar-refractivity contribution is 6.33. The molecule has 1 aliphatic heterocycles. The van der Waals surface area contributed by atoms with Gasteiger partial charge in [0.25, 0.3) is 0 Å². The van der Waals surface area contributed by atoms with Crippen LogP contribution in [0.25, 0.3) is 11.3 Å². The molecule has 0 bridgehead atoms. The molecule has 2 heterocycles. The van der Waals surface area contributed by atoms with Crippen LogP contribution in [-0.2, 0) is 7.05 Å². The van der Waals surface area contributed by atoms with Gasteiger partial charge < -0.3 is 10.0 Å². The molecule has 0 amide bonds. The summed E-state index contributed by atoms with van der Waals surface area (Å²) in [6, 6.07) is 8.09. The fraction of sp³-hybridized carbons (Fsp3) is 0.438. The van der Waals surface area contributed by atoms with Gasteiger partial charge in [0.15, 0.2) is 0 Å². The topological polar surface area (TPSA) is 41.3 Å². The summed E-state index contributed by atoms with van der Waals surface area (Å²) >= 11 is 6.46. The van der Waals surface area contributed by atoms with Crippen molar-refractivity contribution in [2.45, 2.75) is 31.9 Å². The third-order valence-corrected chi connectivity index (χ3v) is 4.92. The molecule has 3 rings (SSSR count). The van der Waals surface area contributed by atoms with E-state index in [0.717, 1.165) is 29.9 Å². The average molecular weight is 306 g/mol. The van der Waals surface area contributed by atoms with Crippen LogP contribution in [-0.4, -0.2) is 33.1 Å². The van der Waals surface area contributed by atoms with Crippen molar-refractivity contribution in [1.29, 1.82) is 0 Å². The summed E-state index contributed by atoms with van der Waals surface area (Å²) in [6.07, 6.45) is 2.54. The molecule has 1 aromatic carbocycles.